The van der Waals surface area contributed by atoms with Gasteiger partial charge in [-0.05, 0) is 44.8 Å². The second kappa shape index (κ2) is 6.53. The van der Waals surface area contributed by atoms with E-state index in [4.69, 9.17) is 0 Å². The molecule has 0 spiro atoms. The highest BCUT2D eigenvalue weighted by Crippen LogP contribution is 2.41. The van der Waals surface area contributed by atoms with E-state index in [0.29, 0.717) is 5.92 Å². The summed E-state index contributed by atoms with van der Waals surface area (Å²) in [6.07, 6.45) is 7.02. The third kappa shape index (κ3) is 3.58. The van der Waals surface area contributed by atoms with E-state index in [1.54, 1.807) is 0 Å². The highest BCUT2D eigenvalue weighted by Gasteiger charge is 2.38. The van der Waals surface area contributed by atoms with Crippen molar-refractivity contribution in [3.8, 4) is 0 Å². The van der Waals surface area contributed by atoms with Crippen LogP contribution in [-0.2, 0) is 5.60 Å². The molecule has 2 nitrogen and oxygen atoms in total. The van der Waals surface area contributed by atoms with Crippen LogP contribution < -0.4 is 0 Å². The molecule has 1 fully saturated rings. The van der Waals surface area contributed by atoms with Crippen molar-refractivity contribution in [1.29, 1.82) is 0 Å². The van der Waals surface area contributed by atoms with Crippen molar-refractivity contribution in [2.24, 2.45) is 5.92 Å². The lowest BCUT2D eigenvalue weighted by atomic mass is 9.71. The molecule has 2 rings (SSSR count). The number of rotatable bonds is 5. The molecule has 1 saturated carbocycles. The van der Waals surface area contributed by atoms with Gasteiger partial charge in [0, 0.05) is 6.54 Å². The van der Waals surface area contributed by atoms with Gasteiger partial charge in [-0.3, -0.25) is 0 Å². The van der Waals surface area contributed by atoms with Gasteiger partial charge in [0.25, 0.3) is 0 Å². The molecular formula is C17H27NO. The SMILES string of the molecule is CN(C)CCC(O)(c1ccccc1)C1CCCCC1. The van der Waals surface area contributed by atoms with E-state index < -0.39 is 5.60 Å². The van der Waals surface area contributed by atoms with E-state index in [9.17, 15) is 5.11 Å². The fourth-order valence-electron chi connectivity index (χ4n) is 3.29. The highest BCUT2D eigenvalue weighted by atomic mass is 16.3. The molecule has 1 aliphatic carbocycles. The molecular weight excluding hydrogens is 234 g/mol. The average molecular weight is 261 g/mol. The lowest BCUT2D eigenvalue weighted by Crippen LogP contribution is -2.39. The summed E-state index contributed by atoms with van der Waals surface area (Å²) in [5, 5.41) is 11.3. The number of hydrogen-bond donors (Lipinski definition) is 1. The predicted octanol–water partition coefficient (Wildman–Crippen LogP) is 3.41. The quantitative estimate of drug-likeness (QED) is 0.878. The second-order valence-corrected chi connectivity index (χ2v) is 6.18. The van der Waals surface area contributed by atoms with Crippen LogP contribution in [0.15, 0.2) is 30.3 Å². The maximum atomic E-state index is 11.3. The van der Waals surface area contributed by atoms with E-state index in [1.807, 2.05) is 18.2 Å². The number of benzene rings is 1. The van der Waals surface area contributed by atoms with Crippen LogP contribution in [0.5, 0.6) is 0 Å². The standard InChI is InChI=1S/C17H27NO/c1-18(2)14-13-17(19,15-9-5-3-6-10-15)16-11-7-4-8-12-16/h3,5-6,9-10,16,19H,4,7-8,11-14H2,1-2H3. The van der Waals surface area contributed by atoms with Crippen LogP contribution >= 0.6 is 0 Å². The minimum atomic E-state index is -0.647. The zero-order valence-corrected chi connectivity index (χ0v) is 12.3. The van der Waals surface area contributed by atoms with E-state index in [-0.39, 0.29) is 0 Å². The van der Waals surface area contributed by atoms with Crippen molar-refractivity contribution < 1.29 is 5.11 Å². The van der Waals surface area contributed by atoms with Crippen LogP contribution in [0.25, 0.3) is 0 Å². The second-order valence-electron chi connectivity index (χ2n) is 6.18. The fraction of sp³-hybridized carbons (Fsp3) is 0.647. The van der Waals surface area contributed by atoms with Crippen LogP contribution in [-0.4, -0.2) is 30.6 Å². The Hall–Kier alpha value is -0.860. The third-order valence-corrected chi connectivity index (χ3v) is 4.49. The van der Waals surface area contributed by atoms with Crippen molar-refractivity contribution in [1.82, 2.24) is 4.90 Å². The Morgan fingerprint density at radius 1 is 1.11 bits per heavy atom. The Labute approximate surface area is 117 Å². The molecule has 0 aliphatic heterocycles. The lowest BCUT2D eigenvalue weighted by Gasteiger charge is -2.39. The van der Waals surface area contributed by atoms with Gasteiger partial charge in [0.1, 0.15) is 0 Å². The van der Waals surface area contributed by atoms with Crippen LogP contribution in [0.3, 0.4) is 0 Å². The van der Waals surface area contributed by atoms with Crippen molar-refractivity contribution in [3.63, 3.8) is 0 Å². The normalized spacial score (nSPS) is 20.4. The molecule has 0 aromatic heterocycles. The van der Waals surface area contributed by atoms with E-state index >= 15 is 0 Å². The van der Waals surface area contributed by atoms with Gasteiger partial charge < -0.3 is 10.0 Å². The van der Waals surface area contributed by atoms with Crippen LogP contribution in [0.2, 0.25) is 0 Å². The van der Waals surface area contributed by atoms with Crippen molar-refractivity contribution >= 4 is 0 Å². The molecule has 0 radical (unpaired) electrons. The molecule has 0 heterocycles. The minimum absolute atomic E-state index is 0.420. The molecule has 1 aromatic rings. The summed E-state index contributed by atoms with van der Waals surface area (Å²) in [6, 6.07) is 10.3. The molecule has 2 heteroatoms. The molecule has 19 heavy (non-hydrogen) atoms. The Morgan fingerprint density at radius 3 is 2.32 bits per heavy atom. The molecule has 106 valence electrons. The first-order chi connectivity index (χ1) is 9.13. The zero-order chi connectivity index (χ0) is 13.7. The van der Waals surface area contributed by atoms with Gasteiger partial charge in [0.05, 0.1) is 5.60 Å². The Morgan fingerprint density at radius 2 is 1.74 bits per heavy atom. The van der Waals surface area contributed by atoms with E-state index in [1.165, 1.54) is 32.1 Å². The van der Waals surface area contributed by atoms with Crippen LogP contribution in [0.4, 0.5) is 0 Å². The van der Waals surface area contributed by atoms with Gasteiger partial charge in [-0.25, -0.2) is 0 Å². The first-order valence-corrected chi connectivity index (χ1v) is 7.55. The van der Waals surface area contributed by atoms with Crippen LogP contribution in [0, 0.1) is 5.92 Å². The Kier molecular flexibility index (Phi) is 5.00. The molecule has 1 atom stereocenters. The number of nitrogens with zero attached hydrogens (tertiary/aromatic N) is 1. The molecule has 0 amide bonds. The molecule has 1 aromatic carbocycles. The molecule has 1 aliphatic rings. The first-order valence-electron chi connectivity index (χ1n) is 7.55. The largest absolute Gasteiger partial charge is 0.385 e. The summed E-state index contributed by atoms with van der Waals surface area (Å²) in [5.41, 5.74) is 0.454. The zero-order valence-electron chi connectivity index (χ0n) is 12.3. The van der Waals surface area contributed by atoms with E-state index in [2.05, 4.69) is 31.1 Å². The Balaban J connectivity index is 2.21. The summed E-state index contributed by atoms with van der Waals surface area (Å²) < 4.78 is 0. The van der Waals surface area contributed by atoms with E-state index in [0.717, 1.165) is 18.5 Å². The molecule has 1 unspecified atom stereocenters. The van der Waals surface area contributed by atoms with Crippen LogP contribution in [0.1, 0.15) is 44.1 Å². The average Bonchev–Trinajstić information content (AvgIpc) is 2.46. The summed E-state index contributed by atoms with van der Waals surface area (Å²) >= 11 is 0. The summed E-state index contributed by atoms with van der Waals surface area (Å²) in [5.74, 6) is 0.420. The van der Waals surface area contributed by atoms with Gasteiger partial charge in [0.2, 0.25) is 0 Å². The van der Waals surface area contributed by atoms with Gasteiger partial charge in [-0.15, -0.1) is 0 Å². The van der Waals surface area contributed by atoms with Crippen molar-refractivity contribution in [2.45, 2.75) is 44.1 Å². The first kappa shape index (κ1) is 14.5. The topological polar surface area (TPSA) is 23.5 Å². The monoisotopic (exact) mass is 261 g/mol. The minimum Gasteiger partial charge on any atom is -0.385 e. The van der Waals surface area contributed by atoms with Gasteiger partial charge in [0.15, 0.2) is 0 Å². The molecule has 0 bridgehead atoms. The lowest BCUT2D eigenvalue weighted by molar-refractivity contribution is -0.0499. The van der Waals surface area contributed by atoms with Gasteiger partial charge in [-0.2, -0.15) is 0 Å². The Bertz CT molecular complexity index is 370. The predicted molar refractivity (Wildman–Crippen MR) is 80.1 cm³/mol. The summed E-state index contributed by atoms with van der Waals surface area (Å²) in [6.45, 7) is 0.932. The van der Waals surface area contributed by atoms with Gasteiger partial charge >= 0.3 is 0 Å². The summed E-state index contributed by atoms with van der Waals surface area (Å²) in [4.78, 5) is 2.16. The fourth-order valence-corrected chi connectivity index (χ4v) is 3.29. The summed E-state index contributed by atoms with van der Waals surface area (Å²) in [7, 11) is 4.15. The smallest absolute Gasteiger partial charge is 0.0936 e. The third-order valence-electron chi connectivity index (χ3n) is 4.49. The number of hydrogen-bond acceptors (Lipinski definition) is 2. The van der Waals surface area contributed by atoms with Crippen molar-refractivity contribution in [2.75, 3.05) is 20.6 Å². The van der Waals surface area contributed by atoms with Crippen molar-refractivity contribution in [3.05, 3.63) is 35.9 Å². The molecule has 1 N–H and O–H groups in total. The highest BCUT2D eigenvalue weighted by molar-refractivity contribution is 5.23. The number of aliphatic hydroxyl groups is 1. The maximum Gasteiger partial charge on any atom is 0.0936 e. The maximum absolute atomic E-state index is 11.3. The molecule has 0 saturated heterocycles. The van der Waals surface area contributed by atoms with Gasteiger partial charge in [-0.1, -0.05) is 49.6 Å².